The number of ether oxygens (including phenoxy) is 2. The number of rotatable bonds is 2. The van der Waals surface area contributed by atoms with Gasteiger partial charge in [-0.05, 0) is 25.1 Å². The van der Waals surface area contributed by atoms with Gasteiger partial charge in [0.25, 0.3) is 0 Å². The Labute approximate surface area is 94.1 Å². The number of halogens is 1. The average molecular weight is 228 g/mol. The normalized spacial score (nSPS) is 14.8. The zero-order chi connectivity index (χ0) is 10.7. The Hall–Kier alpha value is -0.930. The highest BCUT2D eigenvalue weighted by atomic mass is 35.5. The van der Waals surface area contributed by atoms with Crippen LogP contribution in [0.5, 0.6) is 11.5 Å². The first-order valence-electron chi connectivity index (χ1n) is 5.10. The fraction of sp³-hybridized carbons (Fsp3) is 0.455. The first kappa shape index (κ1) is 10.6. The highest BCUT2D eigenvalue weighted by molar-refractivity contribution is 6.31. The van der Waals surface area contributed by atoms with Crippen molar-refractivity contribution in [3.05, 3.63) is 22.7 Å². The molecule has 1 aromatic carbocycles. The minimum Gasteiger partial charge on any atom is -0.490 e. The lowest BCUT2D eigenvalue weighted by Gasteiger charge is -2.13. The number of fused-ring (bicyclic) bond motifs is 1. The van der Waals surface area contributed by atoms with Crippen molar-refractivity contribution >= 4 is 11.6 Å². The Bertz CT molecular complexity index is 355. The van der Waals surface area contributed by atoms with E-state index in [1.54, 1.807) is 0 Å². The van der Waals surface area contributed by atoms with E-state index >= 15 is 0 Å². The molecule has 0 amide bonds. The zero-order valence-electron chi connectivity index (χ0n) is 8.46. The highest BCUT2D eigenvalue weighted by Gasteiger charge is 2.16. The molecule has 3 nitrogen and oxygen atoms in total. The largest absolute Gasteiger partial charge is 0.490 e. The summed E-state index contributed by atoms with van der Waals surface area (Å²) in [5, 5.41) is 0.699. The topological polar surface area (TPSA) is 44.5 Å². The smallest absolute Gasteiger partial charge is 0.165 e. The van der Waals surface area contributed by atoms with Crippen LogP contribution in [0.1, 0.15) is 12.0 Å². The molecule has 1 aliphatic heterocycles. The second-order valence-electron chi connectivity index (χ2n) is 3.44. The van der Waals surface area contributed by atoms with Crippen LogP contribution in [0, 0.1) is 0 Å². The second-order valence-corrected chi connectivity index (χ2v) is 3.85. The number of benzene rings is 1. The van der Waals surface area contributed by atoms with Gasteiger partial charge in [0.1, 0.15) is 0 Å². The van der Waals surface area contributed by atoms with E-state index in [-0.39, 0.29) is 0 Å². The summed E-state index contributed by atoms with van der Waals surface area (Å²) in [6, 6.07) is 3.68. The molecule has 0 saturated heterocycles. The standard InChI is InChI=1S/C11H14ClNO2/c12-9-2-3-10-11(8(9)4-5-13)15-7-1-6-14-10/h2-3H,1,4-7,13H2. The van der Waals surface area contributed by atoms with E-state index in [1.165, 1.54) is 0 Å². The van der Waals surface area contributed by atoms with Crippen LogP contribution in [0.25, 0.3) is 0 Å². The minimum atomic E-state index is 0.555. The van der Waals surface area contributed by atoms with E-state index in [4.69, 9.17) is 26.8 Å². The fourth-order valence-corrected chi connectivity index (χ4v) is 1.89. The Morgan fingerprint density at radius 3 is 2.87 bits per heavy atom. The monoisotopic (exact) mass is 227 g/mol. The van der Waals surface area contributed by atoms with Gasteiger partial charge in [0.15, 0.2) is 11.5 Å². The lowest BCUT2D eigenvalue weighted by Crippen LogP contribution is -2.06. The van der Waals surface area contributed by atoms with Gasteiger partial charge in [-0.25, -0.2) is 0 Å². The van der Waals surface area contributed by atoms with Crippen molar-refractivity contribution in [1.82, 2.24) is 0 Å². The van der Waals surface area contributed by atoms with Crippen LogP contribution in [-0.4, -0.2) is 19.8 Å². The molecule has 1 heterocycles. The summed E-state index contributed by atoms with van der Waals surface area (Å²) in [5.41, 5.74) is 6.50. The van der Waals surface area contributed by atoms with Gasteiger partial charge in [-0.2, -0.15) is 0 Å². The van der Waals surface area contributed by atoms with Gasteiger partial charge in [0.2, 0.25) is 0 Å². The number of hydrogen-bond acceptors (Lipinski definition) is 3. The number of hydrogen-bond donors (Lipinski definition) is 1. The lowest BCUT2D eigenvalue weighted by atomic mass is 10.1. The van der Waals surface area contributed by atoms with E-state index in [0.29, 0.717) is 31.2 Å². The molecule has 0 unspecified atom stereocenters. The molecule has 82 valence electrons. The summed E-state index contributed by atoms with van der Waals surface area (Å²) in [6.07, 6.45) is 1.61. The molecular weight excluding hydrogens is 214 g/mol. The summed E-state index contributed by atoms with van der Waals surface area (Å²) in [4.78, 5) is 0. The molecule has 0 aliphatic carbocycles. The highest BCUT2D eigenvalue weighted by Crippen LogP contribution is 2.37. The van der Waals surface area contributed by atoms with E-state index in [0.717, 1.165) is 23.5 Å². The Morgan fingerprint density at radius 1 is 1.27 bits per heavy atom. The van der Waals surface area contributed by atoms with Gasteiger partial charge in [-0.15, -0.1) is 0 Å². The van der Waals surface area contributed by atoms with Crippen molar-refractivity contribution < 1.29 is 9.47 Å². The van der Waals surface area contributed by atoms with Gasteiger partial charge in [0.05, 0.1) is 13.2 Å². The zero-order valence-corrected chi connectivity index (χ0v) is 9.22. The molecular formula is C11H14ClNO2. The first-order valence-corrected chi connectivity index (χ1v) is 5.48. The van der Waals surface area contributed by atoms with Gasteiger partial charge in [0, 0.05) is 17.0 Å². The third kappa shape index (κ3) is 2.19. The van der Waals surface area contributed by atoms with E-state index in [9.17, 15) is 0 Å². The molecule has 0 aromatic heterocycles. The predicted molar refractivity (Wildman–Crippen MR) is 59.8 cm³/mol. The first-order chi connectivity index (χ1) is 7.33. The Morgan fingerprint density at radius 2 is 2.07 bits per heavy atom. The maximum atomic E-state index is 6.10. The molecule has 0 atom stereocenters. The van der Waals surface area contributed by atoms with Crippen LogP contribution in [0.4, 0.5) is 0 Å². The molecule has 4 heteroatoms. The van der Waals surface area contributed by atoms with Crippen LogP contribution in [0.3, 0.4) is 0 Å². The second kappa shape index (κ2) is 4.73. The average Bonchev–Trinajstić information content (AvgIpc) is 2.47. The Balaban J connectivity index is 2.42. The molecule has 0 saturated carbocycles. The summed E-state index contributed by atoms with van der Waals surface area (Å²) in [7, 11) is 0. The predicted octanol–water partition coefficient (Wildman–Crippen LogP) is 2.00. The maximum absolute atomic E-state index is 6.10. The van der Waals surface area contributed by atoms with Crippen LogP contribution < -0.4 is 15.2 Å². The molecule has 1 aromatic rings. The Kier molecular flexibility index (Phi) is 3.34. The molecule has 0 spiro atoms. The maximum Gasteiger partial charge on any atom is 0.165 e. The summed E-state index contributed by atoms with van der Waals surface area (Å²) in [5.74, 6) is 1.55. The molecule has 1 aliphatic rings. The van der Waals surface area contributed by atoms with Crippen molar-refractivity contribution in [1.29, 1.82) is 0 Å². The van der Waals surface area contributed by atoms with Crippen molar-refractivity contribution in [3.8, 4) is 11.5 Å². The van der Waals surface area contributed by atoms with Crippen molar-refractivity contribution in [2.75, 3.05) is 19.8 Å². The summed E-state index contributed by atoms with van der Waals surface area (Å²) in [6.45, 7) is 1.92. The van der Waals surface area contributed by atoms with Gasteiger partial charge in [-0.3, -0.25) is 0 Å². The lowest BCUT2D eigenvalue weighted by molar-refractivity contribution is 0.296. The van der Waals surface area contributed by atoms with E-state index in [2.05, 4.69) is 0 Å². The molecule has 2 rings (SSSR count). The van der Waals surface area contributed by atoms with Crippen molar-refractivity contribution in [2.45, 2.75) is 12.8 Å². The third-order valence-electron chi connectivity index (χ3n) is 2.35. The summed E-state index contributed by atoms with van der Waals surface area (Å²) < 4.78 is 11.2. The van der Waals surface area contributed by atoms with E-state index in [1.807, 2.05) is 12.1 Å². The minimum absolute atomic E-state index is 0.555. The van der Waals surface area contributed by atoms with Crippen LogP contribution >= 0.6 is 11.6 Å². The molecule has 15 heavy (non-hydrogen) atoms. The third-order valence-corrected chi connectivity index (χ3v) is 2.71. The van der Waals surface area contributed by atoms with Crippen molar-refractivity contribution in [2.24, 2.45) is 5.73 Å². The van der Waals surface area contributed by atoms with Crippen LogP contribution in [0.15, 0.2) is 12.1 Å². The quantitative estimate of drug-likeness (QED) is 0.841. The van der Waals surface area contributed by atoms with E-state index < -0.39 is 0 Å². The van der Waals surface area contributed by atoms with Gasteiger partial charge < -0.3 is 15.2 Å². The van der Waals surface area contributed by atoms with Crippen molar-refractivity contribution in [3.63, 3.8) is 0 Å². The van der Waals surface area contributed by atoms with Crippen LogP contribution in [-0.2, 0) is 6.42 Å². The fourth-order valence-electron chi connectivity index (χ4n) is 1.65. The van der Waals surface area contributed by atoms with Gasteiger partial charge >= 0.3 is 0 Å². The van der Waals surface area contributed by atoms with Crippen LogP contribution in [0.2, 0.25) is 5.02 Å². The van der Waals surface area contributed by atoms with Gasteiger partial charge in [-0.1, -0.05) is 11.6 Å². The molecule has 0 fully saturated rings. The molecule has 0 radical (unpaired) electrons. The SMILES string of the molecule is NCCc1c(Cl)ccc2c1OCCCO2. The molecule has 2 N–H and O–H groups in total. The molecule has 0 bridgehead atoms. The number of nitrogens with two attached hydrogens (primary N) is 1. The summed E-state index contributed by atoms with van der Waals surface area (Å²) >= 11 is 6.10.